The first-order chi connectivity index (χ1) is 11.9. The summed E-state index contributed by atoms with van der Waals surface area (Å²) >= 11 is 0. The van der Waals surface area contributed by atoms with Gasteiger partial charge in [-0.15, -0.1) is 4.79 Å². The third-order valence-corrected chi connectivity index (χ3v) is 8.65. The van der Waals surface area contributed by atoms with Gasteiger partial charge in [-0.25, -0.2) is 16.8 Å². The second-order valence-electron chi connectivity index (χ2n) is 6.37. The van der Waals surface area contributed by atoms with Crippen LogP contribution in [0.1, 0.15) is 27.8 Å². The zero-order valence-electron chi connectivity index (χ0n) is 15.2. The number of hydrogen-bond acceptors (Lipinski definition) is 4. The van der Waals surface area contributed by atoms with Crippen LogP contribution in [-0.2, 0) is 19.7 Å². The van der Waals surface area contributed by atoms with Gasteiger partial charge >= 0.3 is 4.38 Å². The van der Waals surface area contributed by atoms with Crippen molar-refractivity contribution in [3.05, 3.63) is 63.7 Å². The second kappa shape index (κ2) is 6.79. The van der Waals surface area contributed by atoms with Gasteiger partial charge in [-0.3, -0.25) is 0 Å². The molecule has 0 aromatic heterocycles. The molecule has 0 saturated carbocycles. The number of aryl methyl sites for hydroxylation is 5. The van der Waals surface area contributed by atoms with Crippen molar-refractivity contribution in [1.82, 2.24) is 0 Å². The Morgan fingerprint density at radius 1 is 0.769 bits per heavy atom. The van der Waals surface area contributed by atoms with Crippen molar-refractivity contribution in [2.45, 2.75) is 44.4 Å². The summed E-state index contributed by atoms with van der Waals surface area (Å²) in [5, 5.41) is 0. The first-order valence-corrected chi connectivity index (χ1v) is 10.8. The van der Waals surface area contributed by atoms with Crippen molar-refractivity contribution in [3.8, 4) is 0 Å². The molecule has 8 heteroatoms. The average molecular weight is 393 g/mol. The molecule has 26 heavy (non-hydrogen) atoms. The third-order valence-electron chi connectivity index (χ3n) is 4.03. The molecule has 0 unspecified atom stereocenters. The standard InChI is InChI=1S/C18H20N2O4S2/c1-11-6-7-16(13(3)8-11)25(21,22)18(20-19)26(23,24)17-14(4)9-12(2)10-15(17)5/h6-10H,1-5H3. The summed E-state index contributed by atoms with van der Waals surface area (Å²) in [6.45, 7) is 8.31. The molecule has 0 saturated heterocycles. The Bertz CT molecular complexity index is 1130. The molecule has 0 aliphatic rings. The highest BCUT2D eigenvalue weighted by Gasteiger charge is 2.45. The fourth-order valence-corrected chi connectivity index (χ4v) is 7.07. The van der Waals surface area contributed by atoms with Crippen LogP contribution in [0.4, 0.5) is 0 Å². The summed E-state index contributed by atoms with van der Waals surface area (Å²) in [5.41, 5.74) is 12.2. The van der Waals surface area contributed by atoms with E-state index in [4.69, 9.17) is 0 Å². The van der Waals surface area contributed by atoms with E-state index in [1.54, 1.807) is 52.0 Å². The Hall–Kier alpha value is -2.28. The lowest BCUT2D eigenvalue weighted by atomic mass is 10.1. The van der Waals surface area contributed by atoms with Gasteiger partial charge in [0.1, 0.15) is 0 Å². The normalized spacial score (nSPS) is 11.9. The van der Waals surface area contributed by atoms with Crippen LogP contribution in [0.3, 0.4) is 0 Å². The molecule has 2 aromatic carbocycles. The van der Waals surface area contributed by atoms with Gasteiger partial charge in [0, 0.05) is 0 Å². The predicted molar refractivity (Wildman–Crippen MR) is 99.6 cm³/mol. The van der Waals surface area contributed by atoms with E-state index < -0.39 is 24.1 Å². The maximum atomic E-state index is 13.0. The zero-order chi connectivity index (χ0) is 19.9. The zero-order valence-corrected chi connectivity index (χ0v) is 16.9. The van der Waals surface area contributed by atoms with Crippen LogP contribution in [0.25, 0.3) is 5.53 Å². The minimum absolute atomic E-state index is 0.163. The molecule has 6 nitrogen and oxygen atoms in total. The van der Waals surface area contributed by atoms with Crippen molar-refractivity contribution in [2.24, 2.45) is 0 Å². The van der Waals surface area contributed by atoms with Crippen LogP contribution in [0.2, 0.25) is 0 Å². The topological polar surface area (TPSA) is 105 Å². The number of benzene rings is 2. The molecule has 0 bridgehead atoms. The molecule has 0 spiro atoms. The van der Waals surface area contributed by atoms with Gasteiger partial charge in [0.2, 0.25) is 0 Å². The van der Waals surface area contributed by atoms with Gasteiger partial charge < -0.3 is 5.53 Å². The Labute approximate surface area is 154 Å². The minimum Gasteiger partial charge on any atom is -0.359 e. The summed E-state index contributed by atoms with van der Waals surface area (Å²) in [7, 11) is -9.09. The fourth-order valence-electron chi connectivity index (χ4n) is 3.12. The largest absolute Gasteiger partial charge is 0.504 e. The van der Waals surface area contributed by atoms with E-state index in [-0.39, 0.29) is 9.79 Å². The fraction of sp³-hybridized carbons (Fsp3) is 0.278. The van der Waals surface area contributed by atoms with Crippen LogP contribution in [0.15, 0.2) is 40.1 Å². The smallest absolute Gasteiger partial charge is 0.359 e. The molecule has 0 aliphatic carbocycles. The highest BCUT2D eigenvalue weighted by atomic mass is 32.3. The molecular weight excluding hydrogens is 372 g/mol. The Balaban J connectivity index is 2.78. The number of nitrogens with zero attached hydrogens (tertiary/aromatic N) is 2. The maximum absolute atomic E-state index is 13.0. The summed E-state index contributed by atoms with van der Waals surface area (Å²) in [5.74, 6) is 0. The van der Waals surface area contributed by atoms with Gasteiger partial charge in [-0.2, -0.15) is 0 Å². The summed E-state index contributed by atoms with van der Waals surface area (Å²) in [4.78, 5) is 2.32. The van der Waals surface area contributed by atoms with Crippen LogP contribution in [-0.4, -0.2) is 26.0 Å². The predicted octanol–water partition coefficient (Wildman–Crippen LogP) is 3.06. The molecule has 2 aromatic rings. The van der Waals surface area contributed by atoms with E-state index in [0.29, 0.717) is 16.7 Å². The van der Waals surface area contributed by atoms with E-state index in [1.165, 1.54) is 6.07 Å². The van der Waals surface area contributed by atoms with E-state index >= 15 is 0 Å². The summed E-state index contributed by atoms with van der Waals surface area (Å²) in [6, 6.07) is 7.77. The highest BCUT2D eigenvalue weighted by Crippen LogP contribution is 2.28. The first-order valence-electron chi connectivity index (χ1n) is 7.80. The van der Waals surface area contributed by atoms with Gasteiger partial charge in [-0.1, -0.05) is 35.4 Å². The Morgan fingerprint density at radius 3 is 1.73 bits per heavy atom. The van der Waals surface area contributed by atoms with Crippen LogP contribution in [0, 0.1) is 34.6 Å². The van der Waals surface area contributed by atoms with E-state index in [2.05, 4.69) is 4.79 Å². The lowest BCUT2D eigenvalue weighted by molar-refractivity contribution is 0.00379. The average Bonchev–Trinajstić information content (AvgIpc) is 2.44. The SMILES string of the molecule is Cc1ccc(S(=O)(=O)C(=[N+]=[N-])S(=O)(=O)c2c(C)cc(C)cc2C)c(C)c1. The summed E-state index contributed by atoms with van der Waals surface area (Å²) < 4.78 is 50.7. The Morgan fingerprint density at radius 2 is 1.27 bits per heavy atom. The maximum Gasteiger partial charge on any atom is 0.504 e. The van der Waals surface area contributed by atoms with Crippen molar-refractivity contribution >= 4 is 24.1 Å². The third kappa shape index (κ3) is 3.35. The second-order valence-corrected chi connectivity index (χ2v) is 10.3. The van der Waals surface area contributed by atoms with Gasteiger partial charge in [-0.05, 0) is 57.4 Å². The molecular formula is C18H20N2O4S2. The lowest BCUT2D eigenvalue weighted by Crippen LogP contribution is -2.28. The number of hydrogen-bond donors (Lipinski definition) is 0. The Kier molecular flexibility index (Phi) is 5.24. The first kappa shape index (κ1) is 20.0. The van der Waals surface area contributed by atoms with Crippen molar-refractivity contribution in [1.29, 1.82) is 0 Å². The lowest BCUT2D eigenvalue weighted by Gasteiger charge is -2.11. The number of sulfone groups is 2. The van der Waals surface area contributed by atoms with Gasteiger partial charge in [0.25, 0.3) is 19.7 Å². The number of rotatable bonds is 2. The van der Waals surface area contributed by atoms with E-state index in [0.717, 1.165) is 11.1 Å². The summed E-state index contributed by atoms with van der Waals surface area (Å²) in [6.07, 6.45) is 0. The molecule has 0 aliphatic heterocycles. The highest BCUT2D eigenvalue weighted by molar-refractivity contribution is 8.31. The van der Waals surface area contributed by atoms with Gasteiger partial charge in [0.05, 0.1) is 9.79 Å². The van der Waals surface area contributed by atoms with Crippen LogP contribution in [0.5, 0.6) is 0 Å². The van der Waals surface area contributed by atoms with Crippen molar-refractivity contribution in [3.63, 3.8) is 0 Å². The molecule has 0 amide bonds. The van der Waals surface area contributed by atoms with Crippen LogP contribution < -0.4 is 0 Å². The molecule has 0 N–H and O–H groups in total. The molecule has 138 valence electrons. The molecule has 0 atom stereocenters. The van der Waals surface area contributed by atoms with E-state index in [1.807, 2.05) is 6.92 Å². The molecule has 2 rings (SSSR count). The van der Waals surface area contributed by atoms with Crippen LogP contribution >= 0.6 is 0 Å². The monoisotopic (exact) mass is 392 g/mol. The minimum atomic E-state index is -4.55. The molecule has 0 radical (unpaired) electrons. The van der Waals surface area contributed by atoms with Crippen molar-refractivity contribution < 1.29 is 21.6 Å². The van der Waals surface area contributed by atoms with Gasteiger partial charge in [0.15, 0.2) is 0 Å². The quantitative estimate of drug-likeness (QED) is 0.339. The molecule has 0 heterocycles. The van der Waals surface area contributed by atoms with Crippen molar-refractivity contribution in [2.75, 3.05) is 0 Å². The van der Waals surface area contributed by atoms with E-state index in [9.17, 15) is 22.4 Å². The molecule has 0 fully saturated rings.